The van der Waals surface area contributed by atoms with Gasteiger partial charge in [0.15, 0.2) is 0 Å². The molecule has 2 N–H and O–H groups in total. The average Bonchev–Trinajstić information content (AvgIpc) is 2.39. The topological polar surface area (TPSA) is 79.5 Å². The van der Waals surface area contributed by atoms with Crippen LogP contribution >= 0.6 is 0 Å². The smallest absolute Gasteiger partial charge is 0.244 e. The molecule has 1 fully saturated rings. The lowest BCUT2D eigenvalue weighted by Gasteiger charge is -2.36. The lowest BCUT2D eigenvalue weighted by Crippen LogP contribution is -2.50. The van der Waals surface area contributed by atoms with Gasteiger partial charge in [0.2, 0.25) is 10.0 Å². The van der Waals surface area contributed by atoms with Crippen LogP contribution in [0, 0.1) is 0 Å². The summed E-state index contributed by atoms with van der Waals surface area (Å²) >= 11 is 0. The molecule has 0 unspecified atom stereocenters. The molecule has 0 aromatic carbocycles. The molecule has 1 aliphatic rings. The van der Waals surface area contributed by atoms with Gasteiger partial charge in [-0.15, -0.1) is 0 Å². The summed E-state index contributed by atoms with van der Waals surface area (Å²) in [6, 6.07) is 3.46. The van der Waals surface area contributed by atoms with E-state index in [4.69, 9.17) is 5.73 Å². The van der Waals surface area contributed by atoms with Gasteiger partial charge in [0.05, 0.1) is 0 Å². The number of anilines is 1. The van der Waals surface area contributed by atoms with E-state index in [9.17, 15) is 8.42 Å². The van der Waals surface area contributed by atoms with Crippen molar-refractivity contribution in [1.82, 2.24) is 14.2 Å². The number of rotatable bonds is 3. The lowest BCUT2D eigenvalue weighted by molar-refractivity contribution is 0.154. The molecule has 2 rings (SSSR count). The van der Waals surface area contributed by atoms with Gasteiger partial charge in [-0.2, -0.15) is 4.31 Å². The highest BCUT2D eigenvalue weighted by Gasteiger charge is 2.29. The third kappa shape index (κ3) is 3.05. The number of nitrogen functional groups attached to an aromatic ring is 1. The molecule has 0 amide bonds. The Balaban J connectivity index is 2.12. The highest BCUT2D eigenvalue weighted by atomic mass is 32.2. The Labute approximate surface area is 114 Å². The van der Waals surface area contributed by atoms with Gasteiger partial charge in [0.1, 0.15) is 10.7 Å². The zero-order chi connectivity index (χ0) is 14.0. The standard InChI is InChI=1S/C12H20N4O2S/c1-10(2)15-5-7-16(8-6-15)19(17,18)11-3-4-12(13)14-9-11/h3-4,9-10H,5-8H2,1-2H3,(H2,13,14). The van der Waals surface area contributed by atoms with Crippen molar-refractivity contribution in [3.05, 3.63) is 18.3 Å². The van der Waals surface area contributed by atoms with E-state index in [1.807, 2.05) is 0 Å². The molecule has 0 saturated carbocycles. The van der Waals surface area contributed by atoms with E-state index < -0.39 is 10.0 Å². The Morgan fingerprint density at radius 2 is 1.84 bits per heavy atom. The molecule has 1 aromatic heterocycles. The quantitative estimate of drug-likeness (QED) is 0.868. The summed E-state index contributed by atoms with van der Waals surface area (Å²) in [5.41, 5.74) is 5.47. The van der Waals surface area contributed by atoms with Crippen LogP contribution in [-0.4, -0.2) is 54.8 Å². The summed E-state index contributed by atoms with van der Waals surface area (Å²) < 4.78 is 26.3. The maximum Gasteiger partial charge on any atom is 0.244 e. The second-order valence-corrected chi connectivity index (χ2v) is 6.89. The lowest BCUT2D eigenvalue weighted by atomic mass is 10.3. The summed E-state index contributed by atoms with van der Waals surface area (Å²) in [7, 11) is -3.44. The van der Waals surface area contributed by atoms with Gasteiger partial charge in [-0.3, -0.25) is 4.90 Å². The normalized spacial score (nSPS) is 18.9. The van der Waals surface area contributed by atoms with Crippen LogP contribution in [0.25, 0.3) is 0 Å². The van der Waals surface area contributed by atoms with E-state index in [0.29, 0.717) is 24.9 Å². The van der Waals surface area contributed by atoms with Crippen LogP contribution in [-0.2, 0) is 10.0 Å². The Morgan fingerprint density at radius 1 is 1.21 bits per heavy atom. The van der Waals surface area contributed by atoms with Crippen molar-refractivity contribution < 1.29 is 8.42 Å². The molecule has 0 radical (unpaired) electrons. The molecule has 1 aromatic rings. The first-order valence-electron chi connectivity index (χ1n) is 6.37. The largest absolute Gasteiger partial charge is 0.384 e. The minimum Gasteiger partial charge on any atom is -0.384 e. The number of nitrogens with zero attached hydrogens (tertiary/aromatic N) is 3. The van der Waals surface area contributed by atoms with Crippen LogP contribution in [0.15, 0.2) is 23.2 Å². The number of pyridine rings is 1. The zero-order valence-electron chi connectivity index (χ0n) is 11.3. The first-order valence-corrected chi connectivity index (χ1v) is 7.81. The fourth-order valence-electron chi connectivity index (χ4n) is 2.15. The highest BCUT2D eigenvalue weighted by molar-refractivity contribution is 7.89. The fraction of sp³-hybridized carbons (Fsp3) is 0.583. The minimum atomic E-state index is -3.44. The number of hydrogen-bond acceptors (Lipinski definition) is 5. The first kappa shape index (κ1) is 14.2. The van der Waals surface area contributed by atoms with E-state index in [1.165, 1.54) is 22.6 Å². The van der Waals surface area contributed by atoms with Gasteiger partial charge >= 0.3 is 0 Å². The second-order valence-electron chi connectivity index (χ2n) is 4.95. The third-order valence-electron chi connectivity index (χ3n) is 3.40. The molecule has 6 nitrogen and oxygen atoms in total. The van der Waals surface area contributed by atoms with Crippen molar-refractivity contribution in [2.75, 3.05) is 31.9 Å². The van der Waals surface area contributed by atoms with Crippen LogP contribution in [0.4, 0.5) is 5.82 Å². The van der Waals surface area contributed by atoms with Gasteiger partial charge < -0.3 is 5.73 Å². The number of nitrogens with two attached hydrogens (primary N) is 1. The number of aromatic nitrogens is 1. The predicted molar refractivity (Wildman–Crippen MR) is 74.1 cm³/mol. The van der Waals surface area contributed by atoms with Gasteiger partial charge in [0, 0.05) is 38.4 Å². The van der Waals surface area contributed by atoms with E-state index >= 15 is 0 Å². The Morgan fingerprint density at radius 3 is 2.32 bits per heavy atom. The summed E-state index contributed by atoms with van der Waals surface area (Å²) in [6.45, 7) is 6.80. The van der Waals surface area contributed by atoms with E-state index in [2.05, 4.69) is 23.7 Å². The minimum absolute atomic E-state index is 0.208. The maximum atomic E-state index is 12.4. The maximum absolute atomic E-state index is 12.4. The highest BCUT2D eigenvalue weighted by Crippen LogP contribution is 2.18. The van der Waals surface area contributed by atoms with Gasteiger partial charge in [-0.25, -0.2) is 13.4 Å². The molecule has 0 spiro atoms. The molecular formula is C12H20N4O2S. The molecule has 19 heavy (non-hydrogen) atoms. The summed E-state index contributed by atoms with van der Waals surface area (Å²) in [5, 5.41) is 0. The predicted octanol–water partition coefficient (Wildman–Crippen LogP) is 0.378. The Kier molecular flexibility index (Phi) is 4.07. The summed E-state index contributed by atoms with van der Waals surface area (Å²) in [5.74, 6) is 0.323. The van der Waals surface area contributed by atoms with Gasteiger partial charge in [-0.1, -0.05) is 0 Å². The van der Waals surface area contributed by atoms with Crippen molar-refractivity contribution in [3.63, 3.8) is 0 Å². The van der Waals surface area contributed by atoms with E-state index in [1.54, 1.807) is 0 Å². The Hall–Kier alpha value is -1.18. The monoisotopic (exact) mass is 284 g/mol. The van der Waals surface area contributed by atoms with Crippen molar-refractivity contribution >= 4 is 15.8 Å². The number of hydrogen-bond donors (Lipinski definition) is 1. The van der Waals surface area contributed by atoms with Crippen molar-refractivity contribution in [1.29, 1.82) is 0 Å². The van der Waals surface area contributed by atoms with Gasteiger partial charge in [-0.05, 0) is 26.0 Å². The first-order chi connectivity index (χ1) is 8.91. The second kappa shape index (κ2) is 5.44. The van der Waals surface area contributed by atoms with E-state index in [-0.39, 0.29) is 4.90 Å². The third-order valence-corrected chi connectivity index (χ3v) is 5.28. The molecule has 1 saturated heterocycles. The van der Waals surface area contributed by atoms with Crippen molar-refractivity contribution in [3.8, 4) is 0 Å². The SMILES string of the molecule is CC(C)N1CCN(S(=O)(=O)c2ccc(N)nc2)CC1. The Bertz CT molecular complexity index is 519. The molecule has 2 heterocycles. The van der Waals surface area contributed by atoms with Crippen molar-refractivity contribution in [2.24, 2.45) is 0 Å². The summed E-state index contributed by atoms with van der Waals surface area (Å²) in [4.78, 5) is 6.32. The number of piperazine rings is 1. The fourth-order valence-corrected chi connectivity index (χ4v) is 3.52. The van der Waals surface area contributed by atoms with Crippen molar-refractivity contribution in [2.45, 2.75) is 24.8 Å². The van der Waals surface area contributed by atoms with Gasteiger partial charge in [0.25, 0.3) is 0 Å². The molecule has 106 valence electrons. The zero-order valence-corrected chi connectivity index (χ0v) is 12.1. The molecular weight excluding hydrogens is 264 g/mol. The summed E-state index contributed by atoms with van der Waals surface area (Å²) in [6.07, 6.45) is 1.32. The molecule has 7 heteroatoms. The van der Waals surface area contributed by atoms with Crippen LogP contribution in [0.5, 0.6) is 0 Å². The molecule has 0 aliphatic carbocycles. The van der Waals surface area contributed by atoms with Crippen LogP contribution in [0.3, 0.4) is 0 Å². The molecule has 0 atom stereocenters. The van der Waals surface area contributed by atoms with Crippen LogP contribution < -0.4 is 5.73 Å². The molecule has 1 aliphatic heterocycles. The van der Waals surface area contributed by atoms with E-state index in [0.717, 1.165) is 13.1 Å². The average molecular weight is 284 g/mol. The van der Waals surface area contributed by atoms with Crippen LogP contribution in [0.1, 0.15) is 13.8 Å². The molecule has 0 bridgehead atoms. The number of sulfonamides is 1. The van der Waals surface area contributed by atoms with Crippen LogP contribution in [0.2, 0.25) is 0 Å².